The van der Waals surface area contributed by atoms with Crippen molar-refractivity contribution < 1.29 is 23.9 Å². The Morgan fingerprint density at radius 2 is 1.58 bits per heavy atom. The molecule has 2 saturated heterocycles. The second-order valence-corrected chi connectivity index (χ2v) is 11.8. The van der Waals surface area contributed by atoms with Gasteiger partial charge in [0.05, 0.1) is 22.8 Å². The number of amides is 1. The molecule has 0 aromatic heterocycles. The molecule has 0 saturated carbocycles. The van der Waals surface area contributed by atoms with E-state index in [1.165, 1.54) is 0 Å². The molecule has 6 nitrogen and oxygen atoms in total. The average Bonchev–Trinajstić information content (AvgIpc) is 3.02. The molecule has 2 aliphatic rings. The number of aliphatic hydroxyl groups is 1. The third-order valence-electron chi connectivity index (χ3n) is 7.90. The quantitative estimate of drug-likeness (QED) is 0.528. The molecular weight excluding hydrogens is 453 g/mol. The van der Waals surface area contributed by atoms with Gasteiger partial charge in [-0.15, -0.1) is 0 Å². The predicted molar refractivity (Wildman–Crippen MR) is 142 cm³/mol. The van der Waals surface area contributed by atoms with E-state index < -0.39 is 29.5 Å². The highest BCUT2D eigenvalue weighted by Crippen LogP contribution is 2.43. The van der Waals surface area contributed by atoms with Crippen molar-refractivity contribution in [2.45, 2.75) is 96.2 Å². The number of hydrogen-bond acceptors (Lipinski definition) is 5. The summed E-state index contributed by atoms with van der Waals surface area (Å²) in [6.45, 7) is 14.3. The maximum atomic E-state index is 13.4. The first kappa shape index (κ1) is 26.7. The second-order valence-electron chi connectivity index (χ2n) is 11.8. The fourth-order valence-corrected chi connectivity index (χ4v) is 5.31. The minimum atomic E-state index is -0.980. The largest absolute Gasteiger partial charge is 0.494 e. The molecule has 2 aromatic carbocycles. The Balaban J connectivity index is 1.53. The molecular formula is C29H40BNO5. The molecule has 0 radical (unpaired) electrons. The van der Waals surface area contributed by atoms with Gasteiger partial charge in [-0.2, -0.15) is 0 Å². The minimum absolute atomic E-state index is 0.110. The van der Waals surface area contributed by atoms with E-state index in [9.17, 15) is 9.90 Å². The highest BCUT2D eigenvalue weighted by molar-refractivity contribution is 6.62. The van der Waals surface area contributed by atoms with Gasteiger partial charge in [-0.1, -0.05) is 61.5 Å². The van der Waals surface area contributed by atoms with Gasteiger partial charge in [0.1, 0.15) is 5.60 Å². The van der Waals surface area contributed by atoms with Crippen LogP contribution in [-0.4, -0.2) is 46.6 Å². The van der Waals surface area contributed by atoms with E-state index in [4.69, 9.17) is 14.0 Å². The van der Waals surface area contributed by atoms with Gasteiger partial charge in [-0.25, -0.2) is 4.79 Å². The number of carbonyl (C=O) groups is 1. The topological polar surface area (TPSA) is 68.2 Å². The first-order valence-corrected chi connectivity index (χ1v) is 13.0. The molecule has 194 valence electrons. The summed E-state index contributed by atoms with van der Waals surface area (Å²) < 4.78 is 18.6. The zero-order chi connectivity index (χ0) is 26.4. The number of benzene rings is 2. The Kier molecular flexibility index (Phi) is 7.06. The molecule has 2 heterocycles. The minimum Gasteiger partial charge on any atom is -0.438 e. The van der Waals surface area contributed by atoms with Crippen LogP contribution in [0.5, 0.6) is 0 Å². The Hall–Kier alpha value is -2.35. The lowest BCUT2D eigenvalue weighted by atomic mass is 9.78. The lowest BCUT2D eigenvalue weighted by Crippen LogP contribution is -2.51. The molecule has 0 unspecified atom stereocenters. The van der Waals surface area contributed by atoms with Crippen LogP contribution in [0.25, 0.3) is 0 Å². The summed E-state index contributed by atoms with van der Waals surface area (Å²) in [5.74, 6) is 0. The number of cyclic esters (lactones) is 1. The summed E-state index contributed by atoms with van der Waals surface area (Å²) in [5.41, 5.74) is 0.298. The molecule has 2 aromatic rings. The van der Waals surface area contributed by atoms with Gasteiger partial charge in [0, 0.05) is 19.4 Å². The van der Waals surface area contributed by atoms with Gasteiger partial charge in [0.2, 0.25) is 0 Å². The van der Waals surface area contributed by atoms with Crippen molar-refractivity contribution >= 4 is 18.7 Å². The van der Waals surface area contributed by atoms with E-state index >= 15 is 0 Å². The number of hydrogen-bond donors (Lipinski definition) is 1. The van der Waals surface area contributed by atoms with E-state index in [2.05, 4.69) is 19.1 Å². The summed E-state index contributed by atoms with van der Waals surface area (Å²) in [6.07, 6.45) is 1.35. The Bertz CT molecular complexity index is 1050. The molecule has 4 rings (SSSR count). The molecule has 36 heavy (non-hydrogen) atoms. The van der Waals surface area contributed by atoms with Crippen LogP contribution in [0.1, 0.15) is 84.9 Å². The van der Waals surface area contributed by atoms with Gasteiger partial charge >= 0.3 is 13.2 Å². The van der Waals surface area contributed by atoms with Crippen LogP contribution in [0.15, 0.2) is 54.6 Å². The molecule has 0 bridgehead atoms. The highest BCUT2D eigenvalue weighted by Gasteiger charge is 2.52. The molecule has 1 N–H and O–H groups in total. The highest BCUT2D eigenvalue weighted by atomic mass is 16.7. The van der Waals surface area contributed by atoms with Gasteiger partial charge in [-0.3, -0.25) is 0 Å². The number of nitrogens with zero attached hydrogens (tertiary/aromatic N) is 1. The maximum absolute atomic E-state index is 13.4. The fraction of sp³-hybridized carbons (Fsp3) is 0.552. The molecule has 1 amide bonds. The van der Waals surface area contributed by atoms with Gasteiger partial charge in [-0.05, 0) is 64.6 Å². The van der Waals surface area contributed by atoms with E-state index in [-0.39, 0.29) is 12.1 Å². The first-order chi connectivity index (χ1) is 16.8. The van der Waals surface area contributed by atoms with E-state index in [1.807, 2.05) is 75.1 Å². The SMILES string of the molecule is CC[C@@H](c1ccc(B2OC(C)(C)C(C)(C)O2)cc1)N1CC[C@](CC(C)(C)O)(c2ccccc2)OC1=O. The number of rotatable bonds is 7. The normalized spacial score (nSPS) is 24.5. The van der Waals surface area contributed by atoms with Crippen LogP contribution in [0.4, 0.5) is 4.79 Å². The van der Waals surface area contributed by atoms with Crippen LogP contribution in [0.2, 0.25) is 0 Å². The van der Waals surface area contributed by atoms with Crippen LogP contribution in [-0.2, 0) is 19.6 Å². The van der Waals surface area contributed by atoms with Crippen molar-refractivity contribution in [1.82, 2.24) is 4.90 Å². The predicted octanol–water partition coefficient (Wildman–Crippen LogP) is 5.34. The van der Waals surface area contributed by atoms with Crippen LogP contribution < -0.4 is 5.46 Å². The van der Waals surface area contributed by atoms with Crippen molar-refractivity contribution in [3.8, 4) is 0 Å². The van der Waals surface area contributed by atoms with E-state index in [0.29, 0.717) is 19.4 Å². The lowest BCUT2D eigenvalue weighted by Gasteiger charge is -2.46. The Labute approximate surface area is 216 Å². The van der Waals surface area contributed by atoms with E-state index in [0.717, 1.165) is 23.0 Å². The lowest BCUT2D eigenvalue weighted by molar-refractivity contribution is -0.102. The third kappa shape index (κ3) is 5.20. The fourth-order valence-electron chi connectivity index (χ4n) is 5.31. The zero-order valence-electron chi connectivity index (χ0n) is 22.7. The monoisotopic (exact) mass is 493 g/mol. The van der Waals surface area contributed by atoms with Crippen LogP contribution in [0.3, 0.4) is 0 Å². The Morgan fingerprint density at radius 3 is 2.08 bits per heavy atom. The summed E-state index contributed by atoms with van der Waals surface area (Å²) in [5, 5.41) is 10.6. The van der Waals surface area contributed by atoms with Gasteiger partial charge in [0.15, 0.2) is 0 Å². The van der Waals surface area contributed by atoms with Crippen molar-refractivity contribution in [3.05, 3.63) is 65.7 Å². The molecule has 0 spiro atoms. The molecule has 2 fully saturated rings. The summed E-state index contributed by atoms with van der Waals surface area (Å²) in [4.78, 5) is 15.3. The van der Waals surface area contributed by atoms with Crippen LogP contribution >= 0.6 is 0 Å². The standard InChI is InChI=1S/C29H40BNO5/c1-8-24(21-14-16-23(17-15-21)30-35-27(4,5)28(6,7)36-30)31-19-18-29(34-25(31)32,20-26(2,3)33)22-12-10-9-11-13-22/h9-17,24,33H,8,18-20H2,1-7H3/t24-,29-/m0/s1. The third-order valence-corrected chi connectivity index (χ3v) is 7.90. The first-order valence-electron chi connectivity index (χ1n) is 13.0. The van der Waals surface area contributed by atoms with Crippen molar-refractivity contribution in [1.29, 1.82) is 0 Å². The zero-order valence-corrected chi connectivity index (χ0v) is 22.7. The van der Waals surface area contributed by atoms with Crippen molar-refractivity contribution in [2.24, 2.45) is 0 Å². The summed E-state index contributed by atoms with van der Waals surface area (Å²) in [6, 6.07) is 17.8. The van der Waals surface area contributed by atoms with E-state index in [1.54, 1.807) is 13.8 Å². The van der Waals surface area contributed by atoms with Crippen molar-refractivity contribution in [3.63, 3.8) is 0 Å². The second kappa shape index (κ2) is 9.51. The summed E-state index contributed by atoms with van der Waals surface area (Å²) >= 11 is 0. The molecule has 7 heteroatoms. The molecule has 0 aliphatic carbocycles. The Morgan fingerprint density at radius 1 is 1.00 bits per heavy atom. The maximum Gasteiger partial charge on any atom is 0.494 e. The smallest absolute Gasteiger partial charge is 0.438 e. The van der Waals surface area contributed by atoms with Gasteiger partial charge < -0.3 is 24.1 Å². The molecule has 2 atom stereocenters. The molecule has 2 aliphatic heterocycles. The summed E-state index contributed by atoms with van der Waals surface area (Å²) in [7, 11) is -0.419. The van der Waals surface area contributed by atoms with Gasteiger partial charge in [0.25, 0.3) is 0 Å². The number of carbonyl (C=O) groups excluding carboxylic acids is 1. The average molecular weight is 493 g/mol. The van der Waals surface area contributed by atoms with Crippen LogP contribution in [0, 0.1) is 0 Å². The van der Waals surface area contributed by atoms with Crippen molar-refractivity contribution in [2.75, 3.05) is 6.54 Å². The number of ether oxygens (including phenoxy) is 1.